The molecule has 0 N–H and O–H groups in total. The van der Waals surface area contributed by atoms with Crippen molar-refractivity contribution in [1.82, 2.24) is 4.98 Å². The average Bonchev–Trinajstić information content (AvgIpc) is 2.97. The first kappa shape index (κ1) is 16.3. The number of halogens is 1. The highest BCUT2D eigenvalue weighted by molar-refractivity contribution is 5.67. The first-order chi connectivity index (χ1) is 11.5. The topological polar surface area (TPSA) is 53.1 Å². The van der Waals surface area contributed by atoms with Crippen LogP contribution >= 0.6 is 0 Å². The van der Waals surface area contributed by atoms with Crippen LogP contribution in [-0.2, 0) is 0 Å². The number of hydrogen-bond acceptors (Lipinski definition) is 4. The molecule has 0 radical (unpaired) electrons. The first-order valence-electron chi connectivity index (χ1n) is 8.14. The van der Waals surface area contributed by atoms with Gasteiger partial charge in [0.15, 0.2) is 0 Å². The molecule has 2 heterocycles. The molecular formula is C19H20FN3O. The summed E-state index contributed by atoms with van der Waals surface area (Å²) in [6.07, 6.45) is 4.68. The number of hydrogen-bond donors (Lipinski definition) is 0. The van der Waals surface area contributed by atoms with Crippen LogP contribution in [0.25, 0.3) is 12.2 Å². The smallest absolute Gasteiger partial charge is 0.235 e. The summed E-state index contributed by atoms with van der Waals surface area (Å²) in [5.74, 6) is 1.78. The maximum Gasteiger partial charge on any atom is 0.235 e. The molecule has 4 nitrogen and oxygen atoms in total. The molecule has 124 valence electrons. The highest BCUT2D eigenvalue weighted by atomic mass is 19.1. The maximum absolute atomic E-state index is 12.9. The standard InChI is InChI=1S/C19H20FN3O/c1-13-9-14(2)12-23(11-13)19-17(10-21)22-18(24-19)8-5-15-3-6-16(20)7-4-15/h3-8,13-14H,9,11-12H2,1-2H3/b8-5+. The third kappa shape index (κ3) is 3.65. The van der Waals surface area contributed by atoms with Crippen LogP contribution in [-0.4, -0.2) is 18.1 Å². The molecule has 2 atom stereocenters. The van der Waals surface area contributed by atoms with Crippen LogP contribution in [0.2, 0.25) is 0 Å². The molecule has 1 aromatic heterocycles. The third-order valence-corrected chi connectivity index (χ3v) is 4.18. The zero-order chi connectivity index (χ0) is 17.1. The van der Waals surface area contributed by atoms with Crippen molar-refractivity contribution < 1.29 is 8.81 Å². The predicted octanol–water partition coefficient (Wildman–Crippen LogP) is 4.34. The number of piperidine rings is 1. The SMILES string of the molecule is CC1CC(C)CN(c2oc(/C=C/c3ccc(F)cc3)nc2C#N)C1. The molecule has 0 spiro atoms. The maximum atomic E-state index is 12.9. The van der Waals surface area contributed by atoms with E-state index < -0.39 is 0 Å². The minimum absolute atomic E-state index is 0.273. The highest BCUT2D eigenvalue weighted by Gasteiger charge is 2.27. The number of oxazole rings is 1. The number of anilines is 1. The van der Waals surface area contributed by atoms with Crippen LogP contribution < -0.4 is 4.90 Å². The fraction of sp³-hybridized carbons (Fsp3) is 0.368. The minimum atomic E-state index is -0.273. The number of benzene rings is 1. The molecule has 0 amide bonds. The summed E-state index contributed by atoms with van der Waals surface area (Å²) < 4.78 is 18.7. The lowest BCUT2D eigenvalue weighted by molar-refractivity contribution is 0.342. The summed E-state index contributed by atoms with van der Waals surface area (Å²) in [6.45, 7) is 6.16. The number of aromatic nitrogens is 1. The van der Waals surface area contributed by atoms with E-state index in [0.29, 0.717) is 29.3 Å². The lowest BCUT2D eigenvalue weighted by Crippen LogP contribution is -2.38. The molecule has 24 heavy (non-hydrogen) atoms. The van der Waals surface area contributed by atoms with E-state index in [4.69, 9.17) is 4.42 Å². The first-order valence-corrected chi connectivity index (χ1v) is 8.14. The summed E-state index contributed by atoms with van der Waals surface area (Å²) in [7, 11) is 0. The molecule has 1 aromatic carbocycles. The molecule has 1 fully saturated rings. The van der Waals surface area contributed by atoms with Crippen molar-refractivity contribution in [3.8, 4) is 6.07 Å². The Labute approximate surface area is 141 Å². The van der Waals surface area contributed by atoms with Gasteiger partial charge in [0.1, 0.15) is 11.9 Å². The van der Waals surface area contributed by atoms with Crippen molar-refractivity contribution >= 4 is 18.0 Å². The molecule has 2 aromatic rings. The van der Waals surface area contributed by atoms with E-state index in [1.165, 1.54) is 18.6 Å². The lowest BCUT2D eigenvalue weighted by atomic mass is 9.92. The van der Waals surface area contributed by atoms with Crippen LogP contribution in [0.1, 0.15) is 37.4 Å². The van der Waals surface area contributed by atoms with Gasteiger partial charge in [-0.25, -0.2) is 4.39 Å². The Morgan fingerprint density at radius 3 is 2.50 bits per heavy atom. The van der Waals surface area contributed by atoms with E-state index in [9.17, 15) is 9.65 Å². The monoisotopic (exact) mass is 325 g/mol. The van der Waals surface area contributed by atoms with Crippen LogP contribution in [0, 0.1) is 29.0 Å². The molecule has 2 unspecified atom stereocenters. The second-order valence-corrected chi connectivity index (χ2v) is 6.55. The zero-order valence-electron chi connectivity index (χ0n) is 13.9. The predicted molar refractivity (Wildman–Crippen MR) is 91.7 cm³/mol. The molecule has 1 aliphatic rings. The van der Waals surface area contributed by atoms with Crippen molar-refractivity contribution in [3.63, 3.8) is 0 Å². The van der Waals surface area contributed by atoms with Crippen molar-refractivity contribution in [3.05, 3.63) is 47.2 Å². The van der Waals surface area contributed by atoms with Crippen LogP contribution in [0.3, 0.4) is 0 Å². The van der Waals surface area contributed by atoms with Gasteiger partial charge in [-0.1, -0.05) is 26.0 Å². The number of rotatable bonds is 3. The van der Waals surface area contributed by atoms with Crippen LogP contribution in [0.15, 0.2) is 28.7 Å². The van der Waals surface area contributed by atoms with Crippen molar-refractivity contribution in [2.75, 3.05) is 18.0 Å². The second kappa shape index (κ2) is 6.88. The van der Waals surface area contributed by atoms with Gasteiger partial charge in [0, 0.05) is 19.2 Å². The van der Waals surface area contributed by atoms with Gasteiger partial charge >= 0.3 is 0 Å². The van der Waals surface area contributed by atoms with E-state index in [0.717, 1.165) is 18.7 Å². The Morgan fingerprint density at radius 1 is 1.21 bits per heavy atom. The van der Waals surface area contributed by atoms with Crippen molar-refractivity contribution in [2.24, 2.45) is 11.8 Å². The fourth-order valence-electron chi connectivity index (χ4n) is 3.26. The van der Waals surface area contributed by atoms with E-state index in [1.54, 1.807) is 24.3 Å². The third-order valence-electron chi connectivity index (χ3n) is 4.18. The van der Waals surface area contributed by atoms with E-state index in [1.807, 2.05) is 0 Å². The summed E-state index contributed by atoms with van der Waals surface area (Å²) in [6, 6.07) is 8.27. The van der Waals surface area contributed by atoms with Gasteiger partial charge in [-0.2, -0.15) is 10.2 Å². The molecule has 0 aliphatic carbocycles. The van der Waals surface area contributed by atoms with Gasteiger partial charge in [-0.05, 0) is 42.0 Å². The summed E-state index contributed by atoms with van der Waals surface area (Å²) in [5.41, 5.74) is 1.16. The molecule has 1 aliphatic heterocycles. The largest absolute Gasteiger partial charge is 0.420 e. The quantitative estimate of drug-likeness (QED) is 0.842. The van der Waals surface area contributed by atoms with Crippen LogP contribution in [0.5, 0.6) is 0 Å². The highest BCUT2D eigenvalue weighted by Crippen LogP contribution is 2.29. The summed E-state index contributed by atoms with van der Waals surface area (Å²) in [4.78, 5) is 6.37. The molecule has 3 rings (SSSR count). The molecule has 5 heteroatoms. The van der Waals surface area contributed by atoms with Gasteiger partial charge in [0.05, 0.1) is 0 Å². The summed E-state index contributed by atoms with van der Waals surface area (Å²) >= 11 is 0. The Morgan fingerprint density at radius 2 is 1.88 bits per heavy atom. The Hall–Kier alpha value is -2.61. The Balaban J connectivity index is 1.82. The van der Waals surface area contributed by atoms with Crippen LogP contribution in [0.4, 0.5) is 10.3 Å². The lowest BCUT2D eigenvalue weighted by Gasteiger charge is -2.34. The summed E-state index contributed by atoms with van der Waals surface area (Å²) in [5, 5.41) is 9.35. The van der Waals surface area contributed by atoms with Gasteiger partial charge in [0.25, 0.3) is 0 Å². The van der Waals surface area contributed by atoms with E-state index in [-0.39, 0.29) is 5.82 Å². The van der Waals surface area contributed by atoms with E-state index in [2.05, 4.69) is 29.8 Å². The Kier molecular flexibility index (Phi) is 4.66. The van der Waals surface area contributed by atoms with E-state index >= 15 is 0 Å². The van der Waals surface area contributed by atoms with Gasteiger partial charge in [-0.3, -0.25) is 0 Å². The van der Waals surface area contributed by atoms with Gasteiger partial charge < -0.3 is 9.32 Å². The molecular weight excluding hydrogens is 305 g/mol. The molecule has 0 saturated carbocycles. The normalized spacial score (nSPS) is 21.2. The average molecular weight is 325 g/mol. The fourth-order valence-corrected chi connectivity index (χ4v) is 3.26. The minimum Gasteiger partial charge on any atom is -0.420 e. The number of nitrogens with zero attached hydrogens (tertiary/aromatic N) is 3. The number of nitriles is 1. The second-order valence-electron chi connectivity index (χ2n) is 6.55. The molecule has 0 bridgehead atoms. The van der Waals surface area contributed by atoms with Gasteiger partial charge in [-0.15, -0.1) is 0 Å². The van der Waals surface area contributed by atoms with Gasteiger partial charge in [0.2, 0.25) is 17.5 Å². The van der Waals surface area contributed by atoms with Crippen molar-refractivity contribution in [2.45, 2.75) is 20.3 Å². The zero-order valence-corrected chi connectivity index (χ0v) is 13.9. The Bertz CT molecular complexity index is 763. The molecule has 1 saturated heterocycles. The van der Waals surface area contributed by atoms with Crippen molar-refractivity contribution in [1.29, 1.82) is 5.26 Å².